The molecule has 0 spiro atoms. The van der Waals surface area contributed by atoms with E-state index in [-0.39, 0.29) is 11.3 Å². The maximum Gasteiger partial charge on any atom is 0.431 e. The first-order valence-corrected chi connectivity index (χ1v) is 8.81. The molecule has 130 valence electrons. The van der Waals surface area contributed by atoms with E-state index in [9.17, 15) is 18.0 Å². The summed E-state index contributed by atoms with van der Waals surface area (Å²) >= 11 is 7.38. The highest BCUT2D eigenvalue weighted by molar-refractivity contribution is 7.98. The van der Waals surface area contributed by atoms with Crippen molar-refractivity contribution < 1.29 is 18.0 Å². The Morgan fingerprint density at radius 2 is 1.92 bits per heavy atom. The third-order valence-electron chi connectivity index (χ3n) is 3.47. The minimum Gasteiger partial charge on any atom is -0.346 e. The number of thioether (sulfide) groups is 1. The second-order valence-corrected chi connectivity index (χ2v) is 6.62. The van der Waals surface area contributed by atoms with Gasteiger partial charge in [0.1, 0.15) is 11.4 Å². The zero-order valence-electron chi connectivity index (χ0n) is 13.1. The van der Waals surface area contributed by atoms with E-state index < -0.39 is 17.8 Å². The number of hydrogen-bond acceptors (Lipinski definition) is 2. The van der Waals surface area contributed by atoms with Crippen molar-refractivity contribution in [2.75, 3.05) is 25.6 Å². The van der Waals surface area contributed by atoms with Crippen LogP contribution in [-0.2, 0) is 6.18 Å². The molecule has 2 aromatic rings. The van der Waals surface area contributed by atoms with E-state index in [2.05, 4.69) is 4.98 Å². The van der Waals surface area contributed by atoms with Crippen molar-refractivity contribution in [3.63, 3.8) is 0 Å². The van der Waals surface area contributed by atoms with Gasteiger partial charge in [-0.25, -0.2) is 0 Å². The summed E-state index contributed by atoms with van der Waals surface area (Å²) in [5, 5.41) is 0.468. The van der Waals surface area contributed by atoms with E-state index in [4.69, 9.17) is 11.6 Å². The molecule has 1 amide bonds. The lowest BCUT2D eigenvalue weighted by Gasteiger charge is -2.16. The van der Waals surface area contributed by atoms with Crippen molar-refractivity contribution >= 4 is 29.3 Å². The van der Waals surface area contributed by atoms with Crippen molar-refractivity contribution in [1.82, 2.24) is 9.88 Å². The molecule has 0 unspecified atom stereocenters. The number of alkyl halides is 3. The Kier molecular flexibility index (Phi) is 5.87. The number of hydrogen-bond donors (Lipinski definition) is 1. The second kappa shape index (κ2) is 7.53. The molecular formula is C16H16ClF3N2OS. The van der Waals surface area contributed by atoms with Gasteiger partial charge in [-0.15, -0.1) is 0 Å². The monoisotopic (exact) mass is 376 g/mol. The van der Waals surface area contributed by atoms with E-state index in [1.807, 2.05) is 6.26 Å². The summed E-state index contributed by atoms with van der Waals surface area (Å²) in [6, 6.07) is 7.28. The van der Waals surface area contributed by atoms with E-state index in [1.165, 1.54) is 4.90 Å². The Balaban J connectivity index is 2.46. The van der Waals surface area contributed by atoms with E-state index in [1.54, 1.807) is 43.1 Å². The molecule has 1 heterocycles. The number of amides is 1. The van der Waals surface area contributed by atoms with Gasteiger partial charge >= 0.3 is 6.18 Å². The number of nitrogens with zero attached hydrogens (tertiary/aromatic N) is 1. The number of benzene rings is 1. The smallest absolute Gasteiger partial charge is 0.346 e. The standard InChI is InChI=1S/C16H16ClF3N2OS/c1-22(7-8-24-2)15(23)14-12(9-13(21-14)16(18,19)20)10-3-5-11(17)6-4-10/h3-6,9,21H,7-8H2,1-2H3. The highest BCUT2D eigenvalue weighted by Crippen LogP contribution is 2.34. The van der Waals surface area contributed by atoms with Crippen LogP contribution >= 0.6 is 23.4 Å². The maximum absolute atomic E-state index is 13.0. The topological polar surface area (TPSA) is 36.1 Å². The van der Waals surface area contributed by atoms with Gasteiger partial charge in [0.15, 0.2) is 0 Å². The van der Waals surface area contributed by atoms with Crippen LogP contribution in [0, 0.1) is 0 Å². The molecule has 0 atom stereocenters. The first-order chi connectivity index (χ1) is 11.2. The van der Waals surface area contributed by atoms with Crippen LogP contribution in [0.15, 0.2) is 30.3 Å². The molecule has 0 saturated carbocycles. The number of H-pyrrole nitrogens is 1. The molecule has 0 saturated heterocycles. The second-order valence-electron chi connectivity index (χ2n) is 5.20. The predicted molar refractivity (Wildman–Crippen MR) is 91.6 cm³/mol. The fraction of sp³-hybridized carbons (Fsp3) is 0.312. The SMILES string of the molecule is CSCCN(C)C(=O)c1[nH]c(C(F)(F)F)cc1-c1ccc(Cl)cc1. The van der Waals surface area contributed by atoms with Crippen LogP contribution < -0.4 is 0 Å². The van der Waals surface area contributed by atoms with Crippen LogP contribution in [0.2, 0.25) is 5.02 Å². The van der Waals surface area contributed by atoms with Crippen molar-refractivity contribution in [2.24, 2.45) is 0 Å². The Bertz CT molecular complexity index is 713. The quantitative estimate of drug-likeness (QED) is 0.814. The van der Waals surface area contributed by atoms with Crippen LogP contribution in [0.25, 0.3) is 11.1 Å². The summed E-state index contributed by atoms with van der Waals surface area (Å²) in [6.07, 6.45) is -2.66. The number of rotatable bonds is 5. The number of halogens is 4. The highest BCUT2D eigenvalue weighted by Gasteiger charge is 2.35. The molecule has 0 bridgehead atoms. The van der Waals surface area contributed by atoms with Gasteiger partial charge in [-0.2, -0.15) is 24.9 Å². The molecule has 0 aliphatic carbocycles. The minimum absolute atomic E-state index is 0.0757. The third-order valence-corrected chi connectivity index (χ3v) is 4.31. The number of carbonyl (C=O) groups excluding carboxylic acids is 1. The van der Waals surface area contributed by atoms with Crippen molar-refractivity contribution in [3.05, 3.63) is 46.7 Å². The summed E-state index contributed by atoms with van der Waals surface area (Å²) in [5.41, 5.74) is -0.324. The normalized spacial score (nSPS) is 11.6. The van der Waals surface area contributed by atoms with Gasteiger partial charge in [0, 0.05) is 29.9 Å². The molecule has 1 aromatic heterocycles. The summed E-state index contributed by atoms with van der Waals surface area (Å²) in [6.45, 7) is 0.445. The zero-order chi connectivity index (χ0) is 17.9. The third kappa shape index (κ3) is 4.27. The van der Waals surface area contributed by atoms with Crippen LogP contribution in [0.5, 0.6) is 0 Å². The molecule has 0 aliphatic heterocycles. The number of carbonyl (C=O) groups is 1. The molecule has 2 rings (SSSR count). The van der Waals surface area contributed by atoms with E-state index in [0.717, 1.165) is 6.07 Å². The minimum atomic E-state index is -4.56. The average Bonchev–Trinajstić information content (AvgIpc) is 2.98. The van der Waals surface area contributed by atoms with Gasteiger partial charge in [0.2, 0.25) is 0 Å². The van der Waals surface area contributed by atoms with E-state index in [0.29, 0.717) is 22.9 Å². The van der Waals surface area contributed by atoms with Gasteiger partial charge in [-0.1, -0.05) is 23.7 Å². The first kappa shape index (κ1) is 18.7. The van der Waals surface area contributed by atoms with Gasteiger partial charge in [-0.05, 0) is 30.0 Å². The average molecular weight is 377 g/mol. The number of nitrogens with one attached hydrogen (secondary N) is 1. The van der Waals surface area contributed by atoms with E-state index >= 15 is 0 Å². The molecular weight excluding hydrogens is 361 g/mol. The van der Waals surface area contributed by atoms with Crippen LogP contribution in [0.1, 0.15) is 16.2 Å². The zero-order valence-corrected chi connectivity index (χ0v) is 14.6. The Labute approximate surface area is 147 Å². The Morgan fingerprint density at radius 1 is 1.29 bits per heavy atom. The molecule has 0 fully saturated rings. The fourth-order valence-corrected chi connectivity index (χ4v) is 2.74. The first-order valence-electron chi connectivity index (χ1n) is 7.04. The molecule has 24 heavy (non-hydrogen) atoms. The summed E-state index contributed by atoms with van der Waals surface area (Å²) in [7, 11) is 1.57. The highest BCUT2D eigenvalue weighted by atomic mass is 35.5. The maximum atomic E-state index is 13.0. The van der Waals surface area contributed by atoms with Crippen molar-refractivity contribution in [1.29, 1.82) is 0 Å². The van der Waals surface area contributed by atoms with Crippen molar-refractivity contribution in [2.45, 2.75) is 6.18 Å². The molecule has 1 N–H and O–H groups in total. The summed E-state index contributed by atoms with van der Waals surface area (Å²) < 4.78 is 39.1. The van der Waals surface area contributed by atoms with Gasteiger partial charge < -0.3 is 9.88 Å². The summed E-state index contributed by atoms with van der Waals surface area (Å²) in [4.78, 5) is 16.2. The van der Waals surface area contributed by atoms with Crippen LogP contribution in [0.4, 0.5) is 13.2 Å². The Hall–Kier alpha value is -1.60. The van der Waals surface area contributed by atoms with Gasteiger partial charge in [0.05, 0.1) is 0 Å². The van der Waals surface area contributed by atoms with Crippen LogP contribution in [-0.4, -0.2) is 41.4 Å². The molecule has 0 radical (unpaired) electrons. The lowest BCUT2D eigenvalue weighted by atomic mass is 10.1. The van der Waals surface area contributed by atoms with Gasteiger partial charge in [0.25, 0.3) is 5.91 Å². The van der Waals surface area contributed by atoms with Gasteiger partial charge in [-0.3, -0.25) is 4.79 Å². The molecule has 3 nitrogen and oxygen atoms in total. The van der Waals surface area contributed by atoms with Crippen molar-refractivity contribution in [3.8, 4) is 11.1 Å². The number of aromatic amines is 1. The number of aromatic nitrogens is 1. The molecule has 8 heteroatoms. The van der Waals surface area contributed by atoms with Crippen LogP contribution in [0.3, 0.4) is 0 Å². The Morgan fingerprint density at radius 3 is 2.46 bits per heavy atom. The molecule has 1 aromatic carbocycles. The fourth-order valence-electron chi connectivity index (χ4n) is 2.15. The summed E-state index contributed by atoms with van der Waals surface area (Å²) in [5.74, 6) is 0.218. The predicted octanol–water partition coefficient (Wildman–Crippen LogP) is 4.79. The largest absolute Gasteiger partial charge is 0.431 e. The lowest BCUT2D eigenvalue weighted by Crippen LogP contribution is -2.29. The molecule has 0 aliphatic rings. The lowest BCUT2D eigenvalue weighted by molar-refractivity contribution is -0.140.